The number of thiazole rings is 1. The fourth-order valence-corrected chi connectivity index (χ4v) is 3.78. The number of amides is 3. The zero-order valence-corrected chi connectivity index (χ0v) is 16.1. The molecule has 0 aliphatic carbocycles. The first kappa shape index (κ1) is 18.6. The van der Waals surface area contributed by atoms with Crippen LogP contribution in [0.2, 0.25) is 0 Å². The van der Waals surface area contributed by atoms with E-state index in [4.69, 9.17) is 5.73 Å². The lowest BCUT2D eigenvalue weighted by Crippen LogP contribution is -2.19. The average Bonchev–Trinajstić information content (AvgIpc) is 3.01. The van der Waals surface area contributed by atoms with E-state index in [-0.39, 0.29) is 5.91 Å². The van der Waals surface area contributed by atoms with Gasteiger partial charge >= 0.3 is 6.03 Å². The molecule has 1 heterocycles. The van der Waals surface area contributed by atoms with Crippen molar-refractivity contribution >= 4 is 34.1 Å². The van der Waals surface area contributed by atoms with Gasteiger partial charge in [0, 0.05) is 22.2 Å². The summed E-state index contributed by atoms with van der Waals surface area (Å²) in [7, 11) is 0. The van der Waals surface area contributed by atoms with Crippen LogP contribution < -0.4 is 16.4 Å². The number of nitrogens with two attached hydrogens (primary N) is 1. The van der Waals surface area contributed by atoms with Crippen LogP contribution in [0.15, 0.2) is 41.8 Å². The fraction of sp³-hybridized carbons (Fsp3) is 0.150. The van der Waals surface area contributed by atoms with E-state index >= 15 is 0 Å². The Balaban J connectivity index is 1.80. The molecule has 3 aromatic rings. The molecule has 0 aliphatic heterocycles. The van der Waals surface area contributed by atoms with E-state index in [0.29, 0.717) is 16.4 Å². The molecule has 1 aromatic heterocycles. The van der Waals surface area contributed by atoms with Gasteiger partial charge in [-0.25, -0.2) is 9.78 Å². The van der Waals surface area contributed by atoms with Crippen LogP contribution in [0.25, 0.3) is 11.3 Å². The van der Waals surface area contributed by atoms with Crippen LogP contribution >= 0.6 is 11.3 Å². The summed E-state index contributed by atoms with van der Waals surface area (Å²) >= 11 is 1.37. The molecule has 0 aliphatic rings. The number of benzene rings is 2. The van der Waals surface area contributed by atoms with Gasteiger partial charge in [-0.15, -0.1) is 11.3 Å². The Morgan fingerprint density at radius 2 is 1.74 bits per heavy atom. The number of rotatable bonds is 4. The van der Waals surface area contributed by atoms with Crippen LogP contribution in [-0.2, 0) is 0 Å². The lowest BCUT2D eigenvalue weighted by Gasteiger charge is -2.09. The van der Waals surface area contributed by atoms with Crippen molar-refractivity contribution in [3.05, 3.63) is 64.0 Å². The number of nitrogens with zero attached hydrogens (tertiary/aromatic N) is 1. The molecule has 0 saturated carbocycles. The first-order chi connectivity index (χ1) is 12.8. The van der Waals surface area contributed by atoms with Crippen molar-refractivity contribution in [3.8, 4) is 11.3 Å². The predicted molar refractivity (Wildman–Crippen MR) is 109 cm³/mol. The first-order valence-corrected chi connectivity index (χ1v) is 9.23. The fourth-order valence-electron chi connectivity index (χ4n) is 3.08. The third kappa shape index (κ3) is 4.32. The molecule has 0 radical (unpaired) electrons. The van der Waals surface area contributed by atoms with Gasteiger partial charge in [0.05, 0.1) is 5.69 Å². The van der Waals surface area contributed by atoms with Crippen LogP contribution in [0.4, 0.5) is 15.6 Å². The maximum Gasteiger partial charge on any atom is 0.316 e. The minimum absolute atomic E-state index is 0.304. The van der Waals surface area contributed by atoms with Crippen molar-refractivity contribution < 1.29 is 9.59 Å². The molecule has 0 unspecified atom stereocenters. The maximum atomic E-state index is 12.5. The Labute approximate surface area is 161 Å². The van der Waals surface area contributed by atoms with E-state index in [1.54, 1.807) is 24.3 Å². The van der Waals surface area contributed by atoms with Crippen molar-refractivity contribution in [2.75, 3.05) is 10.6 Å². The topological polar surface area (TPSA) is 97.1 Å². The van der Waals surface area contributed by atoms with Crippen LogP contribution in [-0.4, -0.2) is 16.9 Å². The summed E-state index contributed by atoms with van der Waals surface area (Å²) in [5.41, 5.74) is 11.4. The Hall–Kier alpha value is -3.19. The third-order valence-corrected chi connectivity index (χ3v) is 4.81. The van der Waals surface area contributed by atoms with Crippen molar-refractivity contribution in [3.63, 3.8) is 0 Å². The molecule has 0 bridgehead atoms. The maximum absolute atomic E-state index is 12.5. The molecule has 27 heavy (non-hydrogen) atoms. The molecule has 4 N–H and O–H groups in total. The molecule has 0 saturated heterocycles. The minimum Gasteiger partial charge on any atom is -0.351 e. The van der Waals surface area contributed by atoms with Crippen LogP contribution in [0, 0.1) is 20.8 Å². The average molecular weight is 380 g/mol. The Kier molecular flexibility index (Phi) is 5.23. The number of urea groups is 1. The highest BCUT2D eigenvalue weighted by Crippen LogP contribution is 2.31. The molecule has 7 heteroatoms. The normalized spacial score (nSPS) is 10.5. The summed E-state index contributed by atoms with van der Waals surface area (Å²) in [6.45, 7) is 6.19. The summed E-state index contributed by atoms with van der Waals surface area (Å²) < 4.78 is 0. The number of anilines is 2. The van der Waals surface area contributed by atoms with Gasteiger partial charge in [-0.05, 0) is 50.1 Å². The Morgan fingerprint density at radius 1 is 1.04 bits per heavy atom. The highest BCUT2D eigenvalue weighted by Gasteiger charge is 2.13. The number of aryl methyl sites for hydroxylation is 3. The molecule has 0 spiro atoms. The van der Waals surface area contributed by atoms with Gasteiger partial charge in [0.25, 0.3) is 5.91 Å². The van der Waals surface area contributed by atoms with Gasteiger partial charge in [0.15, 0.2) is 5.13 Å². The number of hydrogen-bond acceptors (Lipinski definition) is 4. The van der Waals surface area contributed by atoms with E-state index in [0.717, 1.165) is 22.4 Å². The molecule has 0 atom stereocenters. The summed E-state index contributed by atoms with van der Waals surface area (Å²) in [6, 6.07) is 10.1. The second-order valence-corrected chi connectivity index (χ2v) is 7.19. The van der Waals surface area contributed by atoms with Gasteiger partial charge in [-0.2, -0.15) is 0 Å². The molecule has 3 rings (SSSR count). The number of aromatic nitrogens is 1. The number of hydrogen-bond donors (Lipinski definition) is 3. The number of primary amides is 1. The van der Waals surface area contributed by atoms with Crippen LogP contribution in [0.1, 0.15) is 27.0 Å². The summed E-state index contributed by atoms with van der Waals surface area (Å²) in [4.78, 5) is 28.0. The zero-order valence-electron chi connectivity index (χ0n) is 15.3. The lowest BCUT2D eigenvalue weighted by atomic mass is 9.98. The smallest absolute Gasteiger partial charge is 0.316 e. The molecule has 0 fully saturated rings. The zero-order chi connectivity index (χ0) is 19.6. The van der Waals surface area contributed by atoms with Crippen molar-refractivity contribution in [2.24, 2.45) is 5.73 Å². The summed E-state index contributed by atoms with van der Waals surface area (Å²) in [5.74, 6) is -0.304. The standard InChI is InChI=1S/C20H20N4O2S/c1-11-7-12(2)17(13(3)8-11)16-10-27-20(23-16)24-18(25)14-5-4-6-15(9-14)22-19(21)26/h4-10H,1-3H3,(H3,21,22,26)(H,23,24,25). The molecular weight excluding hydrogens is 360 g/mol. The van der Waals surface area contributed by atoms with E-state index in [1.807, 2.05) is 5.38 Å². The summed E-state index contributed by atoms with van der Waals surface area (Å²) in [6.07, 6.45) is 0. The predicted octanol–water partition coefficient (Wildman–Crippen LogP) is 4.48. The summed E-state index contributed by atoms with van der Waals surface area (Å²) in [5, 5.41) is 7.71. The largest absolute Gasteiger partial charge is 0.351 e. The molecule has 138 valence electrons. The van der Waals surface area contributed by atoms with Crippen LogP contribution in [0.3, 0.4) is 0 Å². The third-order valence-electron chi connectivity index (χ3n) is 4.05. The second-order valence-electron chi connectivity index (χ2n) is 6.34. The quantitative estimate of drug-likeness (QED) is 0.622. The van der Waals surface area contributed by atoms with Gasteiger partial charge in [0.2, 0.25) is 0 Å². The Morgan fingerprint density at radius 3 is 2.41 bits per heavy atom. The van der Waals surface area contributed by atoms with E-state index in [9.17, 15) is 9.59 Å². The van der Waals surface area contributed by atoms with Gasteiger partial charge < -0.3 is 11.1 Å². The highest BCUT2D eigenvalue weighted by molar-refractivity contribution is 7.14. The van der Waals surface area contributed by atoms with Crippen molar-refractivity contribution in [2.45, 2.75) is 20.8 Å². The van der Waals surface area contributed by atoms with E-state index in [1.165, 1.54) is 16.9 Å². The lowest BCUT2D eigenvalue weighted by molar-refractivity contribution is 0.102. The molecule has 2 aromatic carbocycles. The molecule has 6 nitrogen and oxygen atoms in total. The minimum atomic E-state index is -0.680. The van der Waals surface area contributed by atoms with Crippen molar-refractivity contribution in [1.82, 2.24) is 4.98 Å². The van der Waals surface area contributed by atoms with Crippen molar-refractivity contribution in [1.29, 1.82) is 0 Å². The van der Waals surface area contributed by atoms with E-state index < -0.39 is 6.03 Å². The van der Waals surface area contributed by atoms with Gasteiger partial charge in [0.1, 0.15) is 0 Å². The van der Waals surface area contributed by atoms with Gasteiger partial charge in [-0.3, -0.25) is 10.1 Å². The van der Waals surface area contributed by atoms with Crippen LogP contribution in [0.5, 0.6) is 0 Å². The first-order valence-electron chi connectivity index (χ1n) is 8.35. The van der Waals surface area contributed by atoms with Gasteiger partial charge in [-0.1, -0.05) is 23.8 Å². The Bertz CT molecular complexity index is 1000. The second kappa shape index (κ2) is 7.59. The SMILES string of the molecule is Cc1cc(C)c(-c2csc(NC(=O)c3cccc(NC(N)=O)c3)n2)c(C)c1. The highest BCUT2D eigenvalue weighted by atomic mass is 32.1. The molecule has 3 amide bonds. The number of carbonyl (C=O) groups excluding carboxylic acids is 2. The molecular formula is C20H20N4O2S. The monoisotopic (exact) mass is 380 g/mol. The number of nitrogens with one attached hydrogen (secondary N) is 2. The number of carbonyl (C=O) groups is 2. The van der Waals surface area contributed by atoms with E-state index in [2.05, 4.69) is 48.5 Å².